The summed E-state index contributed by atoms with van der Waals surface area (Å²) in [6, 6.07) is 5.67. The van der Waals surface area contributed by atoms with Crippen molar-refractivity contribution in [2.45, 2.75) is 32.6 Å². The number of phenolic OH excluding ortho intramolecular Hbond substituents is 1. The third-order valence-electron chi connectivity index (χ3n) is 3.87. The fraction of sp³-hybridized carbons (Fsp3) is 0.353. The maximum atomic E-state index is 10.2. The summed E-state index contributed by atoms with van der Waals surface area (Å²) in [5.74, 6) is 0.298. The highest BCUT2D eigenvalue weighted by Crippen LogP contribution is 2.37. The van der Waals surface area contributed by atoms with E-state index in [1.54, 1.807) is 6.07 Å². The average Bonchev–Trinajstić information content (AvgIpc) is 2.84. The second-order valence-electron chi connectivity index (χ2n) is 5.56. The zero-order valence-electron chi connectivity index (χ0n) is 12.1. The van der Waals surface area contributed by atoms with Gasteiger partial charge in [-0.3, -0.25) is 4.68 Å². The van der Waals surface area contributed by atoms with Gasteiger partial charge in [-0.1, -0.05) is 17.7 Å². The van der Waals surface area contributed by atoms with E-state index in [-0.39, 0.29) is 0 Å². The van der Waals surface area contributed by atoms with Gasteiger partial charge < -0.3 is 5.11 Å². The smallest absolute Gasteiger partial charge is 0.125 e. The SMILES string of the molecule is Cc1ccc(O)c(-c2nn(C)cc2C2=CCCCC2)c1. The number of aryl methyl sites for hydroxylation is 2. The Labute approximate surface area is 119 Å². The van der Waals surface area contributed by atoms with Crippen LogP contribution >= 0.6 is 0 Å². The second-order valence-corrected chi connectivity index (χ2v) is 5.56. The van der Waals surface area contributed by atoms with Crippen LogP contribution < -0.4 is 0 Å². The van der Waals surface area contributed by atoms with E-state index < -0.39 is 0 Å². The molecule has 0 unspecified atom stereocenters. The number of hydrogen-bond acceptors (Lipinski definition) is 2. The molecule has 3 rings (SSSR count). The number of aromatic nitrogens is 2. The molecular formula is C17H20N2O. The summed E-state index contributed by atoms with van der Waals surface area (Å²) in [6.07, 6.45) is 9.13. The molecule has 0 amide bonds. The van der Waals surface area contributed by atoms with Crippen molar-refractivity contribution < 1.29 is 5.11 Å². The number of benzene rings is 1. The second kappa shape index (κ2) is 5.16. The van der Waals surface area contributed by atoms with Crippen LogP contribution in [0.3, 0.4) is 0 Å². The highest BCUT2D eigenvalue weighted by molar-refractivity contribution is 5.81. The lowest BCUT2D eigenvalue weighted by Crippen LogP contribution is -1.93. The van der Waals surface area contributed by atoms with Gasteiger partial charge in [-0.05, 0) is 50.3 Å². The van der Waals surface area contributed by atoms with E-state index in [2.05, 4.69) is 17.4 Å². The molecule has 1 heterocycles. The molecule has 20 heavy (non-hydrogen) atoms. The summed E-state index contributed by atoms with van der Waals surface area (Å²) >= 11 is 0. The molecule has 1 aromatic heterocycles. The standard InChI is InChI=1S/C17H20N2O/c1-12-8-9-16(20)14(10-12)17-15(11-19(2)18-17)13-6-4-3-5-7-13/h6,8-11,20H,3-5,7H2,1-2H3. The van der Waals surface area contributed by atoms with Crippen molar-refractivity contribution in [1.29, 1.82) is 0 Å². The Morgan fingerprint density at radius 1 is 1.20 bits per heavy atom. The largest absolute Gasteiger partial charge is 0.507 e. The Kier molecular flexibility index (Phi) is 3.35. The zero-order valence-corrected chi connectivity index (χ0v) is 12.1. The summed E-state index contributed by atoms with van der Waals surface area (Å²) in [5, 5.41) is 14.7. The molecule has 0 aliphatic heterocycles. The van der Waals surface area contributed by atoms with Crippen molar-refractivity contribution in [3.63, 3.8) is 0 Å². The predicted octanol–water partition coefficient (Wildman–Crippen LogP) is 4.06. The highest BCUT2D eigenvalue weighted by Gasteiger charge is 2.18. The van der Waals surface area contributed by atoms with Crippen molar-refractivity contribution >= 4 is 5.57 Å². The number of rotatable bonds is 2. The normalized spacial score (nSPS) is 15.2. The summed E-state index contributed by atoms with van der Waals surface area (Å²) in [7, 11) is 1.93. The third kappa shape index (κ3) is 2.36. The van der Waals surface area contributed by atoms with Gasteiger partial charge in [0.15, 0.2) is 0 Å². The van der Waals surface area contributed by atoms with Gasteiger partial charge >= 0.3 is 0 Å². The first-order valence-corrected chi connectivity index (χ1v) is 7.18. The van der Waals surface area contributed by atoms with Gasteiger partial charge in [-0.2, -0.15) is 5.10 Å². The Morgan fingerprint density at radius 3 is 2.80 bits per heavy atom. The number of aromatic hydroxyl groups is 1. The molecule has 1 N–H and O–H groups in total. The van der Waals surface area contributed by atoms with E-state index in [1.807, 2.05) is 30.8 Å². The fourth-order valence-electron chi connectivity index (χ4n) is 2.84. The van der Waals surface area contributed by atoms with Crippen LogP contribution in [0.15, 0.2) is 30.5 Å². The van der Waals surface area contributed by atoms with E-state index in [4.69, 9.17) is 0 Å². The summed E-state index contributed by atoms with van der Waals surface area (Å²) in [6.45, 7) is 2.03. The summed E-state index contributed by atoms with van der Waals surface area (Å²) < 4.78 is 1.84. The molecule has 1 aliphatic rings. The topological polar surface area (TPSA) is 38.1 Å². The van der Waals surface area contributed by atoms with E-state index in [0.29, 0.717) is 5.75 Å². The molecule has 3 nitrogen and oxygen atoms in total. The molecule has 0 atom stereocenters. The molecule has 0 saturated heterocycles. The third-order valence-corrected chi connectivity index (χ3v) is 3.87. The minimum atomic E-state index is 0.298. The van der Waals surface area contributed by atoms with Gasteiger partial charge in [-0.25, -0.2) is 0 Å². The number of hydrogen-bond donors (Lipinski definition) is 1. The van der Waals surface area contributed by atoms with Crippen molar-refractivity contribution in [3.05, 3.63) is 41.6 Å². The first-order valence-electron chi connectivity index (χ1n) is 7.18. The lowest BCUT2D eigenvalue weighted by Gasteiger charge is -2.13. The molecule has 0 saturated carbocycles. The van der Waals surface area contributed by atoms with Crippen LogP contribution in [0.25, 0.3) is 16.8 Å². The van der Waals surface area contributed by atoms with Crippen molar-refractivity contribution in [2.24, 2.45) is 7.05 Å². The van der Waals surface area contributed by atoms with Crippen LogP contribution in [0.2, 0.25) is 0 Å². The minimum Gasteiger partial charge on any atom is -0.507 e. The maximum Gasteiger partial charge on any atom is 0.125 e. The molecule has 0 spiro atoms. The molecule has 2 aromatic rings. The van der Waals surface area contributed by atoms with E-state index in [0.717, 1.165) is 35.2 Å². The molecular weight excluding hydrogens is 248 g/mol. The molecule has 0 radical (unpaired) electrons. The summed E-state index contributed by atoms with van der Waals surface area (Å²) in [5.41, 5.74) is 5.37. The van der Waals surface area contributed by atoms with Gasteiger partial charge in [0, 0.05) is 24.4 Å². The quantitative estimate of drug-likeness (QED) is 0.892. The van der Waals surface area contributed by atoms with Gasteiger partial charge in [0.1, 0.15) is 11.4 Å². The first-order chi connectivity index (χ1) is 9.65. The average molecular weight is 268 g/mol. The van der Waals surface area contributed by atoms with Crippen LogP contribution in [-0.2, 0) is 7.05 Å². The minimum absolute atomic E-state index is 0.298. The van der Waals surface area contributed by atoms with E-state index >= 15 is 0 Å². The number of phenols is 1. The molecule has 1 aliphatic carbocycles. The van der Waals surface area contributed by atoms with Crippen molar-refractivity contribution in [2.75, 3.05) is 0 Å². The Bertz CT molecular complexity index is 668. The molecule has 3 heteroatoms. The van der Waals surface area contributed by atoms with Crippen LogP contribution in [0.5, 0.6) is 5.75 Å². The molecule has 0 bridgehead atoms. The predicted molar refractivity (Wildman–Crippen MR) is 81.5 cm³/mol. The molecule has 0 fully saturated rings. The Morgan fingerprint density at radius 2 is 2.05 bits per heavy atom. The van der Waals surface area contributed by atoms with Gasteiger partial charge in [0.05, 0.1) is 0 Å². The molecule has 104 valence electrons. The molecule has 1 aromatic carbocycles. The number of nitrogens with zero attached hydrogens (tertiary/aromatic N) is 2. The fourth-order valence-corrected chi connectivity index (χ4v) is 2.84. The lowest BCUT2D eigenvalue weighted by molar-refractivity contribution is 0.477. The lowest BCUT2D eigenvalue weighted by atomic mass is 9.92. The van der Waals surface area contributed by atoms with Gasteiger partial charge in [-0.15, -0.1) is 0 Å². The maximum absolute atomic E-state index is 10.2. The van der Waals surface area contributed by atoms with Crippen LogP contribution in [0.1, 0.15) is 36.8 Å². The monoisotopic (exact) mass is 268 g/mol. The van der Waals surface area contributed by atoms with Crippen molar-refractivity contribution in [1.82, 2.24) is 9.78 Å². The van der Waals surface area contributed by atoms with Crippen molar-refractivity contribution in [3.8, 4) is 17.0 Å². The van der Waals surface area contributed by atoms with Crippen LogP contribution in [-0.4, -0.2) is 14.9 Å². The van der Waals surface area contributed by atoms with Crippen LogP contribution in [0, 0.1) is 6.92 Å². The number of allylic oxidation sites excluding steroid dienone is 2. The summed E-state index contributed by atoms with van der Waals surface area (Å²) in [4.78, 5) is 0. The van der Waals surface area contributed by atoms with Crippen LogP contribution in [0.4, 0.5) is 0 Å². The van der Waals surface area contributed by atoms with Gasteiger partial charge in [0.2, 0.25) is 0 Å². The van der Waals surface area contributed by atoms with E-state index in [1.165, 1.54) is 18.4 Å². The Hall–Kier alpha value is -2.03. The Balaban J connectivity index is 2.14. The highest BCUT2D eigenvalue weighted by atomic mass is 16.3. The first kappa shape index (κ1) is 13.0. The zero-order chi connectivity index (χ0) is 14.1. The van der Waals surface area contributed by atoms with Gasteiger partial charge in [0.25, 0.3) is 0 Å². The van der Waals surface area contributed by atoms with E-state index in [9.17, 15) is 5.11 Å².